The average Bonchev–Trinajstić information content (AvgIpc) is 2.68. The van der Waals surface area contributed by atoms with Crippen molar-refractivity contribution in [3.8, 4) is 0 Å². The van der Waals surface area contributed by atoms with Gasteiger partial charge >= 0.3 is 0 Å². The minimum atomic E-state index is 0. The van der Waals surface area contributed by atoms with Gasteiger partial charge in [0, 0.05) is 45.3 Å². The van der Waals surface area contributed by atoms with Crippen LogP contribution in [0.1, 0.15) is 38.2 Å². The molecule has 5 nitrogen and oxygen atoms in total. The fourth-order valence-corrected chi connectivity index (χ4v) is 4.47. The Morgan fingerprint density at radius 3 is 2.64 bits per heavy atom. The summed E-state index contributed by atoms with van der Waals surface area (Å²) in [5, 5.41) is 7.24. The van der Waals surface area contributed by atoms with Gasteiger partial charge in [-0.1, -0.05) is 30.3 Å². The molecule has 158 valence electrons. The standard InChI is InChI=1S/C22H37N5.HI/c1-18-14-21(11-13-27(18)17-19-8-5-4-6-9-19)25-22(23-2)24-15-20-10-7-12-26(3)16-20;/h4-6,8-9,18,20-21H,7,10-17H2,1-3H3,(H2,23,24,25);1H. The smallest absolute Gasteiger partial charge is 0.191 e. The minimum absolute atomic E-state index is 0. The molecule has 0 saturated carbocycles. The number of halogens is 1. The summed E-state index contributed by atoms with van der Waals surface area (Å²) in [5.74, 6) is 1.70. The quantitative estimate of drug-likeness (QED) is 0.371. The average molecular weight is 499 g/mol. The molecule has 2 aliphatic heterocycles. The molecular formula is C22H38IN5. The number of hydrogen-bond acceptors (Lipinski definition) is 3. The summed E-state index contributed by atoms with van der Waals surface area (Å²) in [6.07, 6.45) is 4.97. The maximum atomic E-state index is 4.46. The zero-order valence-electron chi connectivity index (χ0n) is 17.7. The van der Waals surface area contributed by atoms with Gasteiger partial charge in [0.2, 0.25) is 0 Å². The molecule has 0 amide bonds. The Labute approximate surface area is 188 Å². The minimum Gasteiger partial charge on any atom is -0.356 e. The topological polar surface area (TPSA) is 42.9 Å². The number of nitrogens with one attached hydrogen (secondary N) is 2. The molecule has 2 saturated heterocycles. The van der Waals surface area contributed by atoms with E-state index in [9.17, 15) is 0 Å². The van der Waals surface area contributed by atoms with Crippen LogP contribution in [0.15, 0.2) is 35.3 Å². The summed E-state index contributed by atoms with van der Waals surface area (Å²) >= 11 is 0. The largest absolute Gasteiger partial charge is 0.356 e. The molecular weight excluding hydrogens is 461 g/mol. The first-order valence-electron chi connectivity index (χ1n) is 10.6. The first-order chi connectivity index (χ1) is 13.1. The van der Waals surface area contributed by atoms with E-state index in [2.05, 4.69) is 69.7 Å². The van der Waals surface area contributed by atoms with E-state index < -0.39 is 0 Å². The van der Waals surface area contributed by atoms with E-state index in [1.165, 1.54) is 44.3 Å². The van der Waals surface area contributed by atoms with Gasteiger partial charge in [-0.25, -0.2) is 0 Å². The van der Waals surface area contributed by atoms with E-state index >= 15 is 0 Å². The van der Waals surface area contributed by atoms with Gasteiger partial charge in [0.25, 0.3) is 0 Å². The monoisotopic (exact) mass is 499 g/mol. The number of piperidine rings is 2. The molecule has 3 atom stereocenters. The van der Waals surface area contributed by atoms with E-state index in [1.807, 2.05) is 7.05 Å². The molecule has 1 aromatic rings. The van der Waals surface area contributed by atoms with Crippen molar-refractivity contribution in [3.05, 3.63) is 35.9 Å². The molecule has 0 spiro atoms. The second-order valence-corrected chi connectivity index (χ2v) is 8.39. The van der Waals surface area contributed by atoms with Crippen molar-refractivity contribution < 1.29 is 0 Å². The summed E-state index contributed by atoms with van der Waals surface area (Å²) in [6.45, 7) is 7.99. The van der Waals surface area contributed by atoms with Gasteiger partial charge in [0.1, 0.15) is 0 Å². The lowest BCUT2D eigenvalue weighted by atomic mass is 9.97. The van der Waals surface area contributed by atoms with Crippen LogP contribution in [0.4, 0.5) is 0 Å². The number of aliphatic imine (C=N–C) groups is 1. The Hall–Kier alpha value is -0.860. The van der Waals surface area contributed by atoms with Crippen LogP contribution in [0.5, 0.6) is 0 Å². The number of hydrogen-bond donors (Lipinski definition) is 2. The van der Waals surface area contributed by atoms with Gasteiger partial charge in [0.05, 0.1) is 0 Å². The van der Waals surface area contributed by atoms with Crippen LogP contribution in [0.2, 0.25) is 0 Å². The third-order valence-electron chi connectivity index (χ3n) is 6.09. The van der Waals surface area contributed by atoms with Crippen LogP contribution in [0.3, 0.4) is 0 Å². The predicted molar refractivity (Wildman–Crippen MR) is 129 cm³/mol. The molecule has 2 N–H and O–H groups in total. The van der Waals surface area contributed by atoms with Crippen molar-refractivity contribution in [2.24, 2.45) is 10.9 Å². The maximum Gasteiger partial charge on any atom is 0.191 e. The fraction of sp³-hybridized carbons (Fsp3) is 0.682. The third-order valence-corrected chi connectivity index (χ3v) is 6.09. The zero-order valence-corrected chi connectivity index (χ0v) is 20.1. The van der Waals surface area contributed by atoms with Gasteiger partial charge in [0.15, 0.2) is 5.96 Å². The zero-order chi connectivity index (χ0) is 19.1. The Kier molecular flexibility index (Phi) is 10.0. The lowest BCUT2D eigenvalue weighted by Gasteiger charge is -2.38. The highest BCUT2D eigenvalue weighted by Crippen LogP contribution is 2.20. The lowest BCUT2D eigenvalue weighted by Crippen LogP contribution is -2.52. The van der Waals surface area contributed by atoms with Crippen molar-refractivity contribution in [2.75, 3.05) is 40.3 Å². The molecule has 0 aromatic heterocycles. The first-order valence-corrected chi connectivity index (χ1v) is 10.6. The Morgan fingerprint density at radius 2 is 1.96 bits per heavy atom. The van der Waals surface area contributed by atoms with Crippen LogP contribution < -0.4 is 10.6 Å². The van der Waals surface area contributed by atoms with Crippen molar-refractivity contribution in [2.45, 2.75) is 51.2 Å². The number of nitrogens with zero attached hydrogens (tertiary/aromatic N) is 3. The van der Waals surface area contributed by atoms with Crippen molar-refractivity contribution >= 4 is 29.9 Å². The lowest BCUT2D eigenvalue weighted by molar-refractivity contribution is 0.134. The summed E-state index contributed by atoms with van der Waals surface area (Å²) in [5.41, 5.74) is 1.41. The van der Waals surface area contributed by atoms with Crippen molar-refractivity contribution in [1.82, 2.24) is 20.4 Å². The molecule has 1 aromatic carbocycles. The van der Waals surface area contributed by atoms with E-state index in [4.69, 9.17) is 0 Å². The molecule has 3 unspecified atom stereocenters. The van der Waals surface area contributed by atoms with E-state index in [-0.39, 0.29) is 24.0 Å². The fourth-order valence-electron chi connectivity index (χ4n) is 4.47. The van der Waals surface area contributed by atoms with Gasteiger partial charge < -0.3 is 15.5 Å². The normalized spacial score (nSPS) is 27.1. The predicted octanol–water partition coefficient (Wildman–Crippen LogP) is 3.16. The van der Waals surface area contributed by atoms with Crippen LogP contribution in [-0.4, -0.2) is 68.1 Å². The second-order valence-electron chi connectivity index (χ2n) is 8.39. The summed E-state index contributed by atoms with van der Waals surface area (Å²) < 4.78 is 0. The third kappa shape index (κ3) is 7.19. The first kappa shape index (κ1) is 23.4. The summed E-state index contributed by atoms with van der Waals surface area (Å²) in [7, 11) is 4.11. The SMILES string of the molecule is CN=C(NCC1CCCN(C)C1)NC1CCN(Cc2ccccc2)C(C)C1.I. The van der Waals surface area contributed by atoms with E-state index in [0.29, 0.717) is 12.1 Å². The molecule has 2 fully saturated rings. The Morgan fingerprint density at radius 1 is 1.18 bits per heavy atom. The number of rotatable bonds is 5. The molecule has 3 rings (SSSR count). The Bertz CT molecular complexity index is 594. The number of benzene rings is 1. The molecule has 2 heterocycles. The van der Waals surface area contributed by atoms with Crippen LogP contribution in [0.25, 0.3) is 0 Å². The van der Waals surface area contributed by atoms with Crippen LogP contribution in [0, 0.1) is 5.92 Å². The molecule has 2 aliphatic rings. The Balaban J connectivity index is 0.00000280. The van der Waals surface area contributed by atoms with E-state index in [0.717, 1.165) is 31.5 Å². The number of guanidine groups is 1. The summed E-state index contributed by atoms with van der Waals surface area (Å²) in [6, 6.07) is 11.9. The highest BCUT2D eigenvalue weighted by molar-refractivity contribution is 14.0. The summed E-state index contributed by atoms with van der Waals surface area (Å²) in [4.78, 5) is 9.50. The molecule has 6 heteroatoms. The van der Waals surface area contributed by atoms with Gasteiger partial charge in [-0.15, -0.1) is 24.0 Å². The van der Waals surface area contributed by atoms with Gasteiger partial charge in [-0.05, 0) is 57.7 Å². The highest BCUT2D eigenvalue weighted by Gasteiger charge is 2.26. The van der Waals surface area contributed by atoms with Crippen molar-refractivity contribution in [3.63, 3.8) is 0 Å². The van der Waals surface area contributed by atoms with Gasteiger partial charge in [-0.3, -0.25) is 9.89 Å². The van der Waals surface area contributed by atoms with Gasteiger partial charge in [-0.2, -0.15) is 0 Å². The molecule has 28 heavy (non-hydrogen) atoms. The second kappa shape index (κ2) is 12.0. The molecule has 0 radical (unpaired) electrons. The van der Waals surface area contributed by atoms with E-state index in [1.54, 1.807) is 0 Å². The van der Waals surface area contributed by atoms with Crippen LogP contribution >= 0.6 is 24.0 Å². The highest BCUT2D eigenvalue weighted by atomic mass is 127. The number of likely N-dealkylation sites (tertiary alicyclic amines) is 2. The van der Waals surface area contributed by atoms with Crippen LogP contribution in [-0.2, 0) is 6.54 Å². The molecule has 0 aliphatic carbocycles. The molecule has 0 bridgehead atoms. The maximum absolute atomic E-state index is 4.46. The van der Waals surface area contributed by atoms with Crippen molar-refractivity contribution in [1.29, 1.82) is 0 Å².